The van der Waals surface area contributed by atoms with Gasteiger partial charge in [-0.2, -0.15) is 0 Å². The molecule has 5 nitrogen and oxygen atoms in total. The van der Waals surface area contributed by atoms with Gasteiger partial charge in [0.15, 0.2) is 0 Å². The molecule has 122 valence electrons. The predicted octanol–water partition coefficient (Wildman–Crippen LogP) is 3.82. The maximum Gasteiger partial charge on any atom is 0.263 e. The van der Waals surface area contributed by atoms with E-state index < -0.39 is 11.8 Å². The molecule has 7 heteroatoms. The highest BCUT2D eigenvalue weighted by atomic mass is 79.9. The standard InChI is InChI=1S/C17H12Br2N2O3/c1-10(22)20(13-5-2-11(18)3-6-13)9-21-16(23)14-7-4-12(19)8-15(14)17(21)24/h2-8H,9H2,1H3. The van der Waals surface area contributed by atoms with Gasteiger partial charge in [-0.1, -0.05) is 31.9 Å². The molecular weight excluding hydrogens is 440 g/mol. The molecule has 3 amide bonds. The Labute approximate surface area is 155 Å². The first-order chi connectivity index (χ1) is 11.4. The van der Waals surface area contributed by atoms with Gasteiger partial charge in [0.1, 0.15) is 6.67 Å². The topological polar surface area (TPSA) is 57.7 Å². The zero-order valence-corrected chi connectivity index (χ0v) is 15.8. The van der Waals surface area contributed by atoms with Crippen LogP contribution < -0.4 is 4.90 Å². The number of hydrogen-bond acceptors (Lipinski definition) is 3. The normalized spacial score (nSPS) is 13.2. The summed E-state index contributed by atoms with van der Waals surface area (Å²) in [6.07, 6.45) is 0. The van der Waals surface area contributed by atoms with Crippen LogP contribution >= 0.6 is 31.9 Å². The molecule has 0 spiro atoms. The van der Waals surface area contributed by atoms with Crippen molar-refractivity contribution < 1.29 is 14.4 Å². The molecule has 1 heterocycles. The molecule has 0 unspecified atom stereocenters. The Hall–Kier alpha value is -1.99. The average molecular weight is 452 g/mol. The monoisotopic (exact) mass is 450 g/mol. The molecule has 0 aliphatic carbocycles. The smallest absolute Gasteiger partial charge is 0.263 e. The molecule has 2 aromatic rings. The molecule has 0 aromatic heterocycles. The Morgan fingerprint density at radius 2 is 1.54 bits per heavy atom. The van der Waals surface area contributed by atoms with E-state index in [1.807, 2.05) is 0 Å². The maximum absolute atomic E-state index is 12.5. The molecule has 0 fully saturated rings. The van der Waals surface area contributed by atoms with E-state index in [2.05, 4.69) is 31.9 Å². The summed E-state index contributed by atoms with van der Waals surface area (Å²) in [4.78, 5) is 39.5. The van der Waals surface area contributed by atoms with E-state index >= 15 is 0 Å². The van der Waals surface area contributed by atoms with Crippen molar-refractivity contribution in [2.45, 2.75) is 6.92 Å². The number of carbonyl (C=O) groups excluding carboxylic acids is 3. The molecular formula is C17H12Br2N2O3. The summed E-state index contributed by atoms with van der Waals surface area (Å²) in [7, 11) is 0. The Kier molecular flexibility index (Phi) is 4.56. The lowest BCUT2D eigenvalue weighted by molar-refractivity contribution is -0.116. The van der Waals surface area contributed by atoms with E-state index in [1.165, 1.54) is 11.8 Å². The first-order valence-electron chi connectivity index (χ1n) is 7.08. The predicted molar refractivity (Wildman–Crippen MR) is 96.8 cm³/mol. The van der Waals surface area contributed by atoms with Crippen molar-refractivity contribution in [1.82, 2.24) is 4.90 Å². The highest BCUT2D eigenvalue weighted by Gasteiger charge is 2.37. The summed E-state index contributed by atoms with van der Waals surface area (Å²) < 4.78 is 1.60. The number of imide groups is 1. The van der Waals surface area contributed by atoms with Crippen LogP contribution in [0.15, 0.2) is 51.4 Å². The molecule has 0 bridgehead atoms. The van der Waals surface area contributed by atoms with E-state index in [0.717, 1.165) is 13.8 Å². The summed E-state index contributed by atoms with van der Waals surface area (Å²) in [5.74, 6) is -1.06. The zero-order valence-electron chi connectivity index (χ0n) is 12.6. The van der Waals surface area contributed by atoms with Gasteiger partial charge >= 0.3 is 0 Å². The highest BCUT2D eigenvalue weighted by Crippen LogP contribution is 2.27. The second-order valence-corrected chi connectivity index (χ2v) is 7.12. The Morgan fingerprint density at radius 3 is 2.17 bits per heavy atom. The zero-order chi connectivity index (χ0) is 17.4. The molecule has 2 aromatic carbocycles. The number of hydrogen-bond donors (Lipinski definition) is 0. The fourth-order valence-electron chi connectivity index (χ4n) is 2.52. The van der Waals surface area contributed by atoms with Crippen LogP contribution in [-0.4, -0.2) is 29.3 Å². The first-order valence-corrected chi connectivity index (χ1v) is 8.66. The molecule has 0 N–H and O–H groups in total. The molecule has 1 aliphatic rings. The second-order valence-electron chi connectivity index (χ2n) is 5.29. The molecule has 1 aliphatic heterocycles. The van der Waals surface area contributed by atoms with Crippen LogP contribution in [0.2, 0.25) is 0 Å². The number of amides is 3. The lowest BCUT2D eigenvalue weighted by Gasteiger charge is -2.26. The number of nitrogens with zero attached hydrogens (tertiary/aromatic N) is 2. The number of fused-ring (bicyclic) bond motifs is 1. The SMILES string of the molecule is CC(=O)N(CN1C(=O)c2ccc(Br)cc2C1=O)c1ccc(Br)cc1. The largest absolute Gasteiger partial charge is 0.294 e. The maximum atomic E-state index is 12.5. The minimum Gasteiger partial charge on any atom is -0.294 e. The van der Waals surface area contributed by atoms with Gasteiger partial charge in [0.2, 0.25) is 5.91 Å². The Balaban J connectivity index is 1.92. The van der Waals surface area contributed by atoms with Crippen molar-refractivity contribution in [3.63, 3.8) is 0 Å². The summed E-state index contributed by atoms with van der Waals surface area (Å²) in [5, 5.41) is 0. The fourth-order valence-corrected chi connectivity index (χ4v) is 3.14. The third-order valence-corrected chi connectivity index (χ3v) is 4.76. The van der Waals surface area contributed by atoms with Gasteiger partial charge < -0.3 is 0 Å². The summed E-state index contributed by atoms with van der Waals surface area (Å²) >= 11 is 6.64. The van der Waals surface area contributed by atoms with E-state index in [4.69, 9.17) is 0 Å². The third-order valence-electron chi connectivity index (χ3n) is 3.73. The molecule has 0 saturated carbocycles. The van der Waals surface area contributed by atoms with Gasteiger partial charge in [-0.05, 0) is 42.5 Å². The van der Waals surface area contributed by atoms with Crippen LogP contribution in [0, 0.1) is 0 Å². The lowest BCUT2D eigenvalue weighted by atomic mass is 10.1. The van der Waals surface area contributed by atoms with E-state index in [0.29, 0.717) is 16.8 Å². The van der Waals surface area contributed by atoms with E-state index in [9.17, 15) is 14.4 Å². The third kappa shape index (κ3) is 3.01. The van der Waals surface area contributed by atoms with Gasteiger partial charge in [0, 0.05) is 21.6 Å². The van der Waals surface area contributed by atoms with Crippen molar-refractivity contribution >= 4 is 55.3 Å². The van der Waals surface area contributed by atoms with Gasteiger partial charge in [0.25, 0.3) is 11.8 Å². The minimum atomic E-state index is -0.403. The van der Waals surface area contributed by atoms with Crippen molar-refractivity contribution in [1.29, 1.82) is 0 Å². The van der Waals surface area contributed by atoms with Crippen LogP contribution in [0.25, 0.3) is 0 Å². The summed E-state index contributed by atoms with van der Waals surface area (Å²) in [6, 6.07) is 12.0. The molecule has 0 radical (unpaired) electrons. The lowest BCUT2D eigenvalue weighted by Crippen LogP contribution is -2.43. The van der Waals surface area contributed by atoms with Crippen molar-refractivity contribution in [3.8, 4) is 0 Å². The van der Waals surface area contributed by atoms with Crippen molar-refractivity contribution in [3.05, 3.63) is 62.5 Å². The van der Waals surface area contributed by atoms with Crippen LogP contribution in [0.3, 0.4) is 0 Å². The van der Waals surface area contributed by atoms with Gasteiger partial charge in [-0.15, -0.1) is 0 Å². The minimum absolute atomic E-state index is 0.124. The number of carbonyl (C=O) groups is 3. The second kappa shape index (κ2) is 6.49. The van der Waals surface area contributed by atoms with Crippen LogP contribution in [0.4, 0.5) is 5.69 Å². The number of anilines is 1. The van der Waals surface area contributed by atoms with Crippen LogP contribution in [0.1, 0.15) is 27.6 Å². The van der Waals surface area contributed by atoms with Crippen LogP contribution in [-0.2, 0) is 4.79 Å². The quantitative estimate of drug-likeness (QED) is 0.666. The van der Waals surface area contributed by atoms with Gasteiger partial charge in [-0.3, -0.25) is 24.2 Å². The summed E-state index contributed by atoms with van der Waals surface area (Å²) in [6.45, 7) is 1.28. The van der Waals surface area contributed by atoms with Crippen molar-refractivity contribution in [2.24, 2.45) is 0 Å². The summed E-state index contributed by atoms with van der Waals surface area (Å²) in [5.41, 5.74) is 1.31. The first kappa shape index (κ1) is 16.9. The van der Waals surface area contributed by atoms with Gasteiger partial charge in [-0.25, -0.2) is 0 Å². The highest BCUT2D eigenvalue weighted by molar-refractivity contribution is 9.10. The van der Waals surface area contributed by atoms with Crippen molar-refractivity contribution in [2.75, 3.05) is 11.6 Å². The number of rotatable bonds is 3. The number of halogens is 2. The number of benzene rings is 2. The fraction of sp³-hybridized carbons (Fsp3) is 0.118. The van der Waals surface area contributed by atoms with E-state index in [1.54, 1.807) is 42.5 Å². The van der Waals surface area contributed by atoms with E-state index in [-0.39, 0.29) is 12.6 Å². The molecule has 24 heavy (non-hydrogen) atoms. The molecule has 0 saturated heterocycles. The van der Waals surface area contributed by atoms with Crippen LogP contribution in [0.5, 0.6) is 0 Å². The van der Waals surface area contributed by atoms with Gasteiger partial charge in [0.05, 0.1) is 11.1 Å². The molecule has 3 rings (SSSR count). The average Bonchev–Trinajstić information content (AvgIpc) is 2.77. The molecule has 0 atom stereocenters. The Bertz CT molecular complexity index is 849. The Morgan fingerprint density at radius 1 is 0.958 bits per heavy atom.